The van der Waals surface area contributed by atoms with Crippen LogP contribution in [0.3, 0.4) is 0 Å². The van der Waals surface area contributed by atoms with Crippen LogP contribution >= 0.6 is 0 Å². The fourth-order valence-corrected chi connectivity index (χ4v) is 7.96. The number of aromatic nitrogens is 4. The van der Waals surface area contributed by atoms with Gasteiger partial charge in [0.1, 0.15) is 11.0 Å². The maximum absolute atomic E-state index is 5.53. The van der Waals surface area contributed by atoms with Crippen LogP contribution in [0.5, 0.6) is 0 Å². The molecule has 0 atom stereocenters. The van der Waals surface area contributed by atoms with Crippen LogP contribution in [0.25, 0.3) is 66.6 Å². The molecule has 2 heterocycles. The third kappa shape index (κ3) is 3.38. The van der Waals surface area contributed by atoms with Crippen molar-refractivity contribution in [3.63, 3.8) is 0 Å². The minimum atomic E-state index is -0.133. The SMILES string of the molecule is Cc1nc2c(-c3ccc4c(c3)C(C)(C)c3ccccc3-4)c3nonc3c(-c3ccc4c(c3)C(C)(C)c3ccccc3-4)c2nc1C. The van der Waals surface area contributed by atoms with Crippen LogP contribution in [0.1, 0.15) is 61.3 Å². The second-order valence-electron chi connectivity index (χ2n) is 13.7. The maximum atomic E-state index is 5.53. The Bertz CT molecular complexity index is 2250. The highest BCUT2D eigenvalue weighted by Crippen LogP contribution is 2.52. The first-order valence-corrected chi connectivity index (χ1v) is 15.6. The van der Waals surface area contributed by atoms with Gasteiger partial charge in [-0.1, -0.05) is 100 Å². The molecule has 0 N–H and O–H groups in total. The number of hydrogen-bond donors (Lipinski definition) is 0. The van der Waals surface area contributed by atoms with Crippen molar-refractivity contribution < 1.29 is 4.63 Å². The summed E-state index contributed by atoms with van der Waals surface area (Å²) in [6, 6.07) is 30.9. The van der Waals surface area contributed by atoms with E-state index in [1.54, 1.807) is 0 Å². The summed E-state index contributed by atoms with van der Waals surface area (Å²) in [6.07, 6.45) is 0. The topological polar surface area (TPSA) is 64.7 Å². The molecule has 0 unspecified atom stereocenters. The lowest BCUT2D eigenvalue weighted by Gasteiger charge is -2.22. The van der Waals surface area contributed by atoms with E-state index in [2.05, 4.69) is 123 Å². The van der Waals surface area contributed by atoms with Crippen molar-refractivity contribution in [3.05, 3.63) is 119 Å². The van der Waals surface area contributed by atoms with Gasteiger partial charge in [-0.15, -0.1) is 0 Å². The molecule has 0 radical (unpaired) electrons. The molecule has 0 amide bonds. The fourth-order valence-electron chi connectivity index (χ4n) is 7.96. The zero-order valence-electron chi connectivity index (χ0n) is 26.3. The van der Waals surface area contributed by atoms with Crippen LogP contribution in [0, 0.1) is 13.8 Å². The fraction of sp³-hybridized carbons (Fsp3) is 0.200. The molecule has 5 nitrogen and oxygen atoms in total. The summed E-state index contributed by atoms with van der Waals surface area (Å²) in [7, 11) is 0. The molecule has 7 aromatic rings. The van der Waals surface area contributed by atoms with Crippen LogP contribution < -0.4 is 0 Å². The highest BCUT2D eigenvalue weighted by molar-refractivity contribution is 6.16. The number of nitrogens with zero attached hydrogens (tertiary/aromatic N) is 4. The minimum absolute atomic E-state index is 0.133. The molecule has 9 rings (SSSR count). The zero-order chi connectivity index (χ0) is 30.8. The van der Waals surface area contributed by atoms with Gasteiger partial charge in [-0.2, -0.15) is 0 Å². The third-order valence-corrected chi connectivity index (χ3v) is 10.5. The molecule has 5 heteroatoms. The second-order valence-corrected chi connectivity index (χ2v) is 13.7. The van der Waals surface area contributed by atoms with Crippen LogP contribution in [-0.2, 0) is 10.8 Å². The Morgan fingerprint density at radius 1 is 0.467 bits per heavy atom. The quantitative estimate of drug-likeness (QED) is 0.202. The molecule has 0 bridgehead atoms. The van der Waals surface area contributed by atoms with Crippen LogP contribution in [0.2, 0.25) is 0 Å². The summed E-state index contributed by atoms with van der Waals surface area (Å²) < 4.78 is 5.53. The highest BCUT2D eigenvalue weighted by atomic mass is 16.6. The summed E-state index contributed by atoms with van der Waals surface area (Å²) in [6.45, 7) is 13.3. The first kappa shape index (κ1) is 26.3. The smallest absolute Gasteiger partial charge is 0.146 e. The van der Waals surface area contributed by atoms with E-state index in [4.69, 9.17) is 14.6 Å². The predicted molar refractivity (Wildman–Crippen MR) is 180 cm³/mol. The van der Waals surface area contributed by atoms with E-state index in [1.165, 1.54) is 44.5 Å². The molecule has 2 aromatic heterocycles. The average Bonchev–Trinajstić information content (AvgIpc) is 3.67. The van der Waals surface area contributed by atoms with Gasteiger partial charge < -0.3 is 0 Å². The largest absolute Gasteiger partial charge is 0.249 e. The van der Waals surface area contributed by atoms with Gasteiger partial charge in [0.25, 0.3) is 0 Å². The van der Waals surface area contributed by atoms with Gasteiger partial charge >= 0.3 is 0 Å². The first-order chi connectivity index (χ1) is 21.7. The van der Waals surface area contributed by atoms with E-state index < -0.39 is 0 Å². The van der Waals surface area contributed by atoms with Crippen LogP contribution in [0.4, 0.5) is 0 Å². The van der Waals surface area contributed by atoms with Gasteiger partial charge in [0, 0.05) is 22.0 Å². The average molecular weight is 585 g/mol. The Morgan fingerprint density at radius 3 is 1.31 bits per heavy atom. The van der Waals surface area contributed by atoms with E-state index in [0.717, 1.165) is 44.7 Å². The standard InChI is InChI=1S/C40H32N4O/c1-21-22(2)42-36-34(24-16-18-28-26-12-8-10-14-30(26)40(5,6)32(28)20-24)38-37(43-45-44-38)33(35(36)41-21)23-15-17-27-25-11-7-9-13-29(25)39(3,4)31(27)19-23/h7-20H,1-6H3. The molecule has 45 heavy (non-hydrogen) atoms. The second kappa shape index (κ2) is 8.72. The van der Waals surface area contributed by atoms with Crippen LogP contribution in [0.15, 0.2) is 89.6 Å². The van der Waals surface area contributed by atoms with Crippen LogP contribution in [-0.4, -0.2) is 20.3 Å². The third-order valence-electron chi connectivity index (χ3n) is 10.5. The molecule has 5 aromatic carbocycles. The van der Waals surface area contributed by atoms with Gasteiger partial charge in [-0.25, -0.2) is 14.6 Å². The van der Waals surface area contributed by atoms with Gasteiger partial charge in [0.15, 0.2) is 0 Å². The van der Waals surface area contributed by atoms with Crippen molar-refractivity contribution in [2.24, 2.45) is 0 Å². The number of hydrogen-bond acceptors (Lipinski definition) is 5. The molecular formula is C40H32N4O. The van der Waals surface area contributed by atoms with Gasteiger partial charge in [0.05, 0.1) is 22.4 Å². The zero-order valence-corrected chi connectivity index (χ0v) is 26.3. The summed E-state index contributed by atoms with van der Waals surface area (Å²) in [5.74, 6) is 0. The maximum Gasteiger partial charge on any atom is 0.146 e. The van der Waals surface area contributed by atoms with E-state index in [0.29, 0.717) is 11.0 Å². The Labute approximate surface area is 262 Å². The van der Waals surface area contributed by atoms with Gasteiger partial charge in [-0.3, -0.25) is 0 Å². The summed E-state index contributed by atoms with van der Waals surface area (Å²) in [5.41, 5.74) is 18.8. The minimum Gasteiger partial charge on any atom is -0.249 e. The molecule has 218 valence electrons. The highest BCUT2D eigenvalue weighted by Gasteiger charge is 2.37. The van der Waals surface area contributed by atoms with Crippen molar-refractivity contribution in [3.8, 4) is 44.5 Å². The molecular weight excluding hydrogens is 552 g/mol. The number of benzene rings is 5. The van der Waals surface area contributed by atoms with Crippen molar-refractivity contribution >= 4 is 22.1 Å². The Kier molecular flexibility index (Phi) is 5.09. The molecule has 0 saturated carbocycles. The predicted octanol–water partition coefficient (Wildman–Crippen LogP) is 9.73. The van der Waals surface area contributed by atoms with Gasteiger partial charge in [-0.05, 0) is 91.9 Å². The molecule has 0 fully saturated rings. The molecule has 2 aliphatic rings. The van der Waals surface area contributed by atoms with E-state index in [-0.39, 0.29) is 10.8 Å². The van der Waals surface area contributed by atoms with Crippen molar-refractivity contribution in [1.29, 1.82) is 0 Å². The summed E-state index contributed by atoms with van der Waals surface area (Å²) in [5, 5.41) is 9.06. The molecule has 2 aliphatic carbocycles. The molecule has 0 spiro atoms. The number of aryl methyl sites for hydroxylation is 2. The lowest BCUT2D eigenvalue weighted by molar-refractivity contribution is 0.315. The van der Waals surface area contributed by atoms with Crippen molar-refractivity contribution in [1.82, 2.24) is 20.3 Å². The summed E-state index contributed by atoms with van der Waals surface area (Å²) >= 11 is 0. The number of rotatable bonds is 2. The normalized spacial score (nSPS) is 15.2. The Hall–Kier alpha value is -5.16. The van der Waals surface area contributed by atoms with Crippen molar-refractivity contribution in [2.45, 2.75) is 52.4 Å². The van der Waals surface area contributed by atoms with E-state index >= 15 is 0 Å². The molecule has 0 aliphatic heterocycles. The lowest BCUT2D eigenvalue weighted by Crippen LogP contribution is -2.15. The van der Waals surface area contributed by atoms with Gasteiger partial charge in [0.2, 0.25) is 0 Å². The summed E-state index contributed by atoms with van der Waals surface area (Å²) in [4.78, 5) is 10.4. The van der Waals surface area contributed by atoms with E-state index in [9.17, 15) is 0 Å². The van der Waals surface area contributed by atoms with E-state index in [1.807, 2.05) is 13.8 Å². The molecule has 0 saturated heterocycles. The monoisotopic (exact) mass is 584 g/mol. The van der Waals surface area contributed by atoms with Crippen molar-refractivity contribution in [2.75, 3.05) is 0 Å². The lowest BCUT2D eigenvalue weighted by atomic mass is 9.81. The number of fused-ring (bicyclic) bond motifs is 8. The Morgan fingerprint density at radius 2 is 0.867 bits per heavy atom. The Balaban J connectivity index is 1.32. The first-order valence-electron chi connectivity index (χ1n) is 15.6.